The Balaban J connectivity index is 2.67. The van der Waals surface area contributed by atoms with Crippen molar-refractivity contribution in [3.63, 3.8) is 0 Å². The maximum absolute atomic E-state index is 11.6. The van der Waals surface area contributed by atoms with Crippen LogP contribution in [-0.4, -0.2) is 32.4 Å². The van der Waals surface area contributed by atoms with Gasteiger partial charge in [0, 0.05) is 6.04 Å². The molecule has 1 aromatic rings. The summed E-state index contributed by atoms with van der Waals surface area (Å²) in [4.78, 5) is 10.4. The van der Waals surface area contributed by atoms with E-state index < -0.39 is 34.2 Å². The van der Waals surface area contributed by atoms with Gasteiger partial charge in [0.2, 0.25) is 10.0 Å². The SMILES string of the molecule is COc1ccc([C@@H](C)NS(=O)(=O)CCC(=O)O)cc1. The standard InChI is InChI=1S/C12H17NO5S/c1-9(10-3-5-11(18-2)6-4-10)13-19(16,17)8-7-12(14)15/h3-6,9,13H,7-8H2,1-2H3,(H,14,15)/t9-/m1/s1. The van der Waals surface area contributed by atoms with Gasteiger partial charge in [0.1, 0.15) is 5.75 Å². The van der Waals surface area contributed by atoms with Gasteiger partial charge in [-0.25, -0.2) is 13.1 Å². The van der Waals surface area contributed by atoms with E-state index in [9.17, 15) is 13.2 Å². The molecule has 0 aliphatic heterocycles. The summed E-state index contributed by atoms with van der Waals surface area (Å²) in [5.74, 6) is -0.879. The quantitative estimate of drug-likeness (QED) is 0.784. The molecule has 1 atom stereocenters. The van der Waals surface area contributed by atoms with Gasteiger partial charge >= 0.3 is 5.97 Å². The van der Waals surface area contributed by atoms with Gasteiger partial charge in [-0.15, -0.1) is 0 Å². The van der Waals surface area contributed by atoms with Gasteiger partial charge in [-0.05, 0) is 24.6 Å². The fraction of sp³-hybridized carbons (Fsp3) is 0.417. The molecule has 0 bridgehead atoms. The number of rotatable bonds is 7. The molecule has 0 aliphatic carbocycles. The highest BCUT2D eigenvalue weighted by molar-refractivity contribution is 7.89. The summed E-state index contributed by atoms with van der Waals surface area (Å²) >= 11 is 0. The van der Waals surface area contributed by atoms with Crippen molar-refractivity contribution in [3.8, 4) is 5.75 Å². The number of benzene rings is 1. The molecule has 1 aromatic carbocycles. The molecule has 0 amide bonds. The second kappa shape index (κ2) is 6.53. The van der Waals surface area contributed by atoms with Crippen LogP contribution in [0.15, 0.2) is 24.3 Å². The lowest BCUT2D eigenvalue weighted by molar-refractivity contribution is -0.136. The molecule has 0 aromatic heterocycles. The second-order valence-electron chi connectivity index (χ2n) is 4.08. The van der Waals surface area contributed by atoms with E-state index in [1.807, 2.05) is 0 Å². The average Bonchev–Trinajstić information content (AvgIpc) is 2.36. The van der Waals surface area contributed by atoms with Gasteiger partial charge in [-0.2, -0.15) is 0 Å². The topological polar surface area (TPSA) is 92.7 Å². The van der Waals surface area contributed by atoms with Crippen molar-refractivity contribution in [2.75, 3.05) is 12.9 Å². The molecule has 0 saturated heterocycles. The number of carboxylic acids is 1. The molecule has 0 radical (unpaired) electrons. The van der Waals surface area contributed by atoms with Crippen LogP contribution < -0.4 is 9.46 Å². The zero-order chi connectivity index (χ0) is 14.5. The van der Waals surface area contributed by atoms with Crippen molar-refractivity contribution >= 4 is 16.0 Å². The Morgan fingerprint density at radius 1 is 1.37 bits per heavy atom. The van der Waals surface area contributed by atoms with Crippen molar-refractivity contribution < 1.29 is 23.1 Å². The molecule has 0 heterocycles. The summed E-state index contributed by atoms with van der Waals surface area (Å²) in [6, 6.07) is 6.55. The Morgan fingerprint density at radius 3 is 2.42 bits per heavy atom. The van der Waals surface area contributed by atoms with Crippen LogP contribution in [0.5, 0.6) is 5.75 Å². The summed E-state index contributed by atoms with van der Waals surface area (Å²) in [7, 11) is -2.05. The molecule has 0 spiro atoms. The van der Waals surface area contributed by atoms with Crippen LogP contribution in [0.25, 0.3) is 0 Å². The number of ether oxygens (including phenoxy) is 1. The van der Waals surface area contributed by atoms with E-state index in [1.165, 1.54) is 0 Å². The Labute approximate surface area is 112 Å². The predicted molar refractivity (Wildman–Crippen MR) is 70.6 cm³/mol. The number of hydrogen-bond acceptors (Lipinski definition) is 4. The van der Waals surface area contributed by atoms with Gasteiger partial charge in [0.15, 0.2) is 0 Å². The summed E-state index contributed by atoms with van der Waals surface area (Å²) in [5.41, 5.74) is 0.778. The minimum atomic E-state index is -3.60. The third kappa shape index (κ3) is 5.27. The van der Waals surface area contributed by atoms with Crippen LogP contribution >= 0.6 is 0 Å². The number of carbonyl (C=O) groups is 1. The predicted octanol–water partition coefficient (Wildman–Crippen LogP) is 1.15. The van der Waals surface area contributed by atoms with Gasteiger partial charge in [-0.1, -0.05) is 12.1 Å². The molecule has 2 N–H and O–H groups in total. The van der Waals surface area contributed by atoms with Crippen molar-refractivity contribution in [2.24, 2.45) is 0 Å². The van der Waals surface area contributed by atoms with E-state index >= 15 is 0 Å². The molecule has 0 saturated carbocycles. The first-order valence-electron chi connectivity index (χ1n) is 5.70. The van der Waals surface area contributed by atoms with Crippen LogP contribution in [0.1, 0.15) is 24.9 Å². The lowest BCUT2D eigenvalue weighted by Gasteiger charge is -2.14. The Hall–Kier alpha value is -1.60. The van der Waals surface area contributed by atoms with Crippen LogP contribution in [0, 0.1) is 0 Å². The minimum absolute atomic E-state index is 0.412. The highest BCUT2D eigenvalue weighted by Crippen LogP contribution is 2.17. The molecule has 0 fully saturated rings. The van der Waals surface area contributed by atoms with Crippen molar-refractivity contribution in [3.05, 3.63) is 29.8 Å². The van der Waals surface area contributed by atoms with Gasteiger partial charge in [0.05, 0.1) is 19.3 Å². The third-order valence-electron chi connectivity index (χ3n) is 2.56. The first-order valence-corrected chi connectivity index (χ1v) is 7.35. The van der Waals surface area contributed by atoms with E-state index in [0.29, 0.717) is 5.75 Å². The Kier molecular flexibility index (Phi) is 5.31. The van der Waals surface area contributed by atoms with Gasteiger partial charge < -0.3 is 9.84 Å². The highest BCUT2D eigenvalue weighted by atomic mass is 32.2. The highest BCUT2D eigenvalue weighted by Gasteiger charge is 2.17. The Bertz CT molecular complexity index is 524. The van der Waals surface area contributed by atoms with Crippen LogP contribution in [0.3, 0.4) is 0 Å². The molecular weight excluding hydrogens is 270 g/mol. The number of hydrogen-bond donors (Lipinski definition) is 2. The summed E-state index contributed by atoms with van der Waals surface area (Å²) in [5, 5.41) is 8.48. The van der Waals surface area contributed by atoms with E-state index in [-0.39, 0.29) is 0 Å². The first kappa shape index (κ1) is 15.5. The minimum Gasteiger partial charge on any atom is -0.497 e. The van der Waals surface area contributed by atoms with E-state index in [0.717, 1.165) is 5.56 Å². The van der Waals surface area contributed by atoms with Crippen LogP contribution in [0.4, 0.5) is 0 Å². The Morgan fingerprint density at radius 2 is 1.95 bits per heavy atom. The summed E-state index contributed by atoms with van der Waals surface area (Å²) < 4.78 is 30.7. The van der Waals surface area contributed by atoms with Crippen molar-refractivity contribution in [2.45, 2.75) is 19.4 Å². The van der Waals surface area contributed by atoms with Crippen LogP contribution in [-0.2, 0) is 14.8 Å². The molecule has 6 nitrogen and oxygen atoms in total. The third-order valence-corrected chi connectivity index (χ3v) is 4.01. The molecular formula is C12H17NO5S. The zero-order valence-electron chi connectivity index (χ0n) is 10.8. The molecule has 19 heavy (non-hydrogen) atoms. The molecule has 1 rings (SSSR count). The first-order chi connectivity index (χ1) is 8.84. The maximum Gasteiger partial charge on any atom is 0.304 e. The van der Waals surface area contributed by atoms with Gasteiger partial charge in [-0.3, -0.25) is 4.79 Å². The zero-order valence-corrected chi connectivity index (χ0v) is 11.6. The number of aliphatic carboxylic acids is 1. The fourth-order valence-electron chi connectivity index (χ4n) is 1.51. The summed E-state index contributed by atoms with van der Waals surface area (Å²) in [6.45, 7) is 1.69. The molecule has 0 unspecified atom stereocenters. The normalized spacial score (nSPS) is 12.9. The smallest absolute Gasteiger partial charge is 0.304 e. The second-order valence-corrected chi connectivity index (χ2v) is 5.95. The number of methoxy groups -OCH3 is 1. The maximum atomic E-state index is 11.6. The molecule has 7 heteroatoms. The molecule has 106 valence electrons. The van der Waals surface area contributed by atoms with Crippen LogP contribution in [0.2, 0.25) is 0 Å². The number of nitrogens with one attached hydrogen (secondary N) is 1. The van der Waals surface area contributed by atoms with E-state index in [2.05, 4.69) is 4.72 Å². The van der Waals surface area contributed by atoms with Crippen molar-refractivity contribution in [1.82, 2.24) is 4.72 Å². The average molecular weight is 287 g/mol. The monoisotopic (exact) mass is 287 g/mol. The lowest BCUT2D eigenvalue weighted by Crippen LogP contribution is -2.30. The van der Waals surface area contributed by atoms with Gasteiger partial charge in [0.25, 0.3) is 0 Å². The number of carboxylic acid groups (broad SMARTS) is 1. The summed E-state index contributed by atoms with van der Waals surface area (Å²) in [6.07, 6.45) is -0.412. The lowest BCUT2D eigenvalue weighted by atomic mass is 10.1. The number of sulfonamides is 1. The largest absolute Gasteiger partial charge is 0.497 e. The van der Waals surface area contributed by atoms with Crippen molar-refractivity contribution in [1.29, 1.82) is 0 Å². The molecule has 0 aliphatic rings. The van der Waals surface area contributed by atoms with E-state index in [4.69, 9.17) is 9.84 Å². The van der Waals surface area contributed by atoms with E-state index in [1.54, 1.807) is 38.3 Å². The fourth-order valence-corrected chi connectivity index (χ4v) is 2.75.